The van der Waals surface area contributed by atoms with Crippen LogP contribution in [0.5, 0.6) is 0 Å². The van der Waals surface area contributed by atoms with Gasteiger partial charge in [0.1, 0.15) is 55.4 Å². The van der Waals surface area contributed by atoms with Gasteiger partial charge >= 0.3 is 11.9 Å². The van der Waals surface area contributed by atoms with Gasteiger partial charge in [-0.25, -0.2) is 0 Å². The summed E-state index contributed by atoms with van der Waals surface area (Å²) in [5.41, 5.74) is 0. The zero-order valence-electron chi connectivity index (χ0n) is 41.4. The third kappa shape index (κ3) is 27.8. The minimum absolute atomic E-state index is 0.159. The number of carbonyl (C=O) groups is 2. The minimum atomic E-state index is -1.76. The van der Waals surface area contributed by atoms with Gasteiger partial charge in [0.2, 0.25) is 0 Å². The third-order valence-electron chi connectivity index (χ3n) is 12.7. The first-order valence-corrected chi connectivity index (χ1v) is 26.4. The van der Waals surface area contributed by atoms with Gasteiger partial charge in [0.25, 0.3) is 0 Å². The van der Waals surface area contributed by atoms with E-state index in [1.165, 1.54) is 96.3 Å². The van der Waals surface area contributed by atoms with E-state index >= 15 is 0 Å². The van der Waals surface area contributed by atoms with Crippen LogP contribution in [0, 0.1) is 0 Å². The number of carbonyl (C=O) groups excluding carboxylic acids is 2. The Balaban J connectivity index is 1.80. The fraction of sp³-hybridized carbons (Fsp3) is 0.885. The average molecular weight is 959 g/mol. The summed E-state index contributed by atoms with van der Waals surface area (Å²) in [7, 11) is 0. The fourth-order valence-corrected chi connectivity index (χ4v) is 8.31. The highest BCUT2D eigenvalue weighted by atomic mass is 16.7. The number of hydrogen-bond donors (Lipinski definition) is 7. The molecule has 2 aliphatic heterocycles. The van der Waals surface area contributed by atoms with E-state index in [0.29, 0.717) is 12.8 Å². The number of rotatable bonds is 41. The van der Waals surface area contributed by atoms with Crippen LogP contribution >= 0.6 is 0 Å². The van der Waals surface area contributed by atoms with Gasteiger partial charge < -0.3 is 64.2 Å². The van der Waals surface area contributed by atoms with Gasteiger partial charge in [0, 0.05) is 12.8 Å². The molecule has 11 unspecified atom stereocenters. The predicted octanol–water partition coefficient (Wildman–Crippen LogP) is 7.55. The average Bonchev–Trinajstić information content (AvgIpc) is 3.32. The molecule has 0 radical (unpaired) electrons. The maximum Gasteiger partial charge on any atom is 0.306 e. The first-order valence-electron chi connectivity index (χ1n) is 26.4. The van der Waals surface area contributed by atoms with Gasteiger partial charge in [-0.05, 0) is 44.9 Å². The summed E-state index contributed by atoms with van der Waals surface area (Å²) in [6.07, 6.45) is 23.4. The van der Waals surface area contributed by atoms with Crippen LogP contribution in [0.15, 0.2) is 24.3 Å². The number of hydrogen-bond acceptors (Lipinski definition) is 15. The van der Waals surface area contributed by atoms with Gasteiger partial charge in [-0.3, -0.25) is 9.59 Å². The van der Waals surface area contributed by atoms with E-state index in [2.05, 4.69) is 38.2 Å². The first kappa shape index (κ1) is 61.1. The standard InChI is InChI=1S/C52H94O15/c1-3-5-7-9-11-13-15-17-19-20-21-23-25-27-29-31-33-35-44(55)65-40(37-62-43(54)34-32-30-28-26-24-22-18-16-14-12-10-8-6-4-2)38-63-51-50(61)48(59)46(57)42(67-51)39-64-52-49(60)47(58)45(56)41(36-53)66-52/h11,13,17,19,40-42,45-53,56-61H,3-10,12,14-16,18,20-39H2,1-2H3/b13-11-,19-17-. The van der Waals surface area contributed by atoms with E-state index < -0.39 is 92.7 Å². The summed E-state index contributed by atoms with van der Waals surface area (Å²) in [5, 5.41) is 72.1. The van der Waals surface area contributed by atoms with Crippen molar-refractivity contribution in [1.82, 2.24) is 0 Å². The SMILES string of the molecule is CCCCC/C=C\C/C=C\CCCCCCCCCC(=O)OC(COC(=O)CCCCCCCCCCCCCCCC)COC1OC(COC2OC(CO)C(O)C(O)C2O)C(O)C(O)C1O. The van der Waals surface area contributed by atoms with Crippen LogP contribution in [0.2, 0.25) is 0 Å². The number of esters is 2. The molecule has 392 valence electrons. The summed E-state index contributed by atoms with van der Waals surface area (Å²) in [5.74, 6) is -0.926. The summed E-state index contributed by atoms with van der Waals surface area (Å²) >= 11 is 0. The summed E-state index contributed by atoms with van der Waals surface area (Å²) in [4.78, 5) is 25.8. The Kier molecular flexibility index (Phi) is 36.2. The summed E-state index contributed by atoms with van der Waals surface area (Å²) in [6, 6.07) is 0. The normalized spacial score (nSPS) is 26.1. The molecular weight excluding hydrogens is 865 g/mol. The van der Waals surface area contributed by atoms with E-state index in [0.717, 1.165) is 64.2 Å². The lowest BCUT2D eigenvalue weighted by molar-refractivity contribution is -0.332. The Hall–Kier alpha value is -2.02. The summed E-state index contributed by atoms with van der Waals surface area (Å²) in [6.45, 7) is 2.57. The van der Waals surface area contributed by atoms with Gasteiger partial charge in [-0.2, -0.15) is 0 Å². The molecule has 7 N–H and O–H groups in total. The number of allylic oxidation sites excluding steroid dienone is 4. The molecule has 0 aromatic carbocycles. The molecule has 2 saturated heterocycles. The lowest BCUT2D eigenvalue weighted by atomic mass is 9.98. The van der Waals surface area contributed by atoms with Crippen molar-refractivity contribution in [2.24, 2.45) is 0 Å². The Labute approximate surface area is 403 Å². The maximum absolute atomic E-state index is 13.0. The fourth-order valence-electron chi connectivity index (χ4n) is 8.31. The van der Waals surface area contributed by atoms with Crippen molar-refractivity contribution in [2.45, 2.75) is 268 Å². The minimum Gasteiger partial charge on any atom is -0.462 e. The lowest BCUT2D eigenvalue weighted by Gasteiger charge is -2.42. The molecule has 2 fully saturated rings. The largest absolute Gasteiger partial charge is 0.462 e. The monoisotopic (exact) mass is 959 g/mol. The molecule has 2 aliphatic rings. The van der Waals surface area contributed by atoms with Crippen LogP contribution in [0.1, 0.15) is 200 Å². The molecule has 0 saturated carbocycles. The molecule has 0 aromatic heterocycles. The zero-order valence-corrected chi connectivity index (χ0v) is 41.4. The van der Waals surface area contributed by atoms with Crippen molar-refractivity contribution in [2.75, 3.05) is 26.4 Å². The van der Waals surface area contributed by atoms with Crippen molar-refractivity contribution in [3.8, 4) is 0 Å². The molecule has 2 rings (SSSR count). The predicted molar refractivity (Wildman–Crippen MR) is 257 cm³/mol. The maximum atomic E-state index is 13.0. The van der Waals surface area contributed by atoms with Crippen molar-refractivity contribution >= 4 is 11.9 Å². The van der Waals surface area contributed by atoms with Crippen molar-refractivity contribution in [3.63, 3.8) is 0 Å². The molecule has 15 nitrogen and oxygen atoms in total. The lowest BCUT2D eigenvalue weighted by Crippen LogP contribution is -2.61. The van der Waals surface area contributed by atoms with E-state index in [1.807, 2.05) is 0 Å². The van der Waals surface area contributed by atoms with Gasteiger partial charge in [-0.15, -0.1) is 0 Å². The molecule has 0 amide bonds. The second-order valence-electron chi connectivity index (χ2n) is 18.7. The number of unbranched alkanes of at least 4 members (excludes halogenated alkanes) is 23. The van der Waals surface area contributed by atoms with Gasteiger partial charge in [0.15, 0.2) is 18.7 Å². The molecule has 0 bridgehead atoms. The molecule has 0 aliphatic carbocycles. The van der Waals surface area contributed by atoms with E-state index in [9.17, 15) is 45.3 Å². The smallest absolute Gasteiger partial charge is 0.306 e. The Bertz CT molecular complexity index is 1270. The molecule has 0 spiro atoms. The number of aliphatic hydroxyl groups excluding tert-OH is 7. The molecule has 11 atom stereocenters. The van der Waals surface area contributed by atoms with E-state index in [-0.39, 0.29) is 26.1 Å². The Morgan fingerprint density at radius 2 is 0.896 bits per heavy atom. The van der Waals surface area contributed by atoms with Crippen LogP contribution in [-0.2, 0) is 38.0 Å². The second kappa shape index (κ2) is 39.7. The number of aliphatic hydroxyl groups is 7. The van der Waals surface area contributed by atoms with E-state index in [4.69, 9.17) is 28.4 Å². The highest BCUT2D eigenvalue weighted by Gasteiger charge is 2.47. The van der Waals surface area contributed by atoms with Crippen molar-refractivity contribution < 1.29 is 73.8 Å². The van der Waals surface area contributed by atoms with Crippen LogP contribution in [0.25, 0.3) is 0 Å². The quantitative estimate of drug-likeness (QED) is 0.0178. The highest BCUT2D eigenvalue weighted by Crippen LogP contribution is 2.26. The molecule has 67 heavy (non-hydrogen) atoms. The topological polar surface area (TPSA) is 231 Å². The molecule has 0 aromatic rings. The Morgan fingerprint density at radius 3 is 1.42 bits per heavy atom. The molecular formula is C52H94O15. The van der Waals surface area contributed by atoms with Crippen LogP contribution in [0.3, 0.4) is 0 Å². The first-order chi connectivity index (χ1) is 32.5. The van der Waals surface area contributed by atoms with Crippen molar-refractivity contribution in [3.05, 3.63) is 24.3 Å². The van der Waals surface area contributed by atoms with E-state index in [1.54, 1.807) is 0 Å². The van der Waals surface area contributed by atoms with Crippen LogP contribution < -0.4 is 0 Å². The molecule has 15 heteroatoms. The molecule has 2 heterocycles. The Morgan fingerprint density at radius 1 is 0.478 bits per heavy atom. The zero-order chi connectivity index (χ0) is 48.9. The van der Waals surface area contributed by atoms with Crippen LogP contribution in [0.4, 0.5) is 0 Å². The van der Waals surface area contributed by atoms with Gasteiger partial charge in [-0.1, -0.05) is 167 Å². The second-order valence-corrected chi connectivity index (χ2v) is 18.7. The highest BCUT2D eigenvalue weighted by molar-refractivity contribution is 5.70. The van der Waals surface area contributed by atoms with Crippen LogP contribution in [-0.4, -0.2) is 142 Å². The van der Waals surface area contributed by atoms with Crippen molar-refractivity contribution in [1.29, 1.82) is 0 Å². The summed E-state index contributed by atoms with van der Waals surface area (Å²) < 4.78 is 33.6. The third-order valence-corrected chi connectivity index (χ3v) is 12.7. The number of ether oxygens (including phenoxy) is 6. The van der Waals surface area contributed by atoms with Gasteiger partial charge in [0.05, 0.1) is 19.8 Å².